The molecule has 0 amide bonds. The quantitative estimate of drug-likeness (QED) is 0.845. The van der Waals surface area contributed by atoms with Crippen LogP contribution >= 0.6 is 0 Å². The molecule has 3 unspecified atom stereocenters. The molecule has 2 aliphatic carbocycles. The summed E-state index contributed by atoms with van der Waals surface area (Å²) in [5, 5.41) is 9.57. The summed E-state index contributed by atoms with van der Waals surface area (Å²) < 4.78 is 41.6. The van der Waals surface area contributed by atoms with Crippen LogP contribution in [0.4, 0.5) is 13.2 Å². The van der Waals surface area contributed by atoms with E-state index in [2.05, 4.69) is 0 Å². The molecule has 0 radical (unpaired) electrons. The Hall–Kier alpha value is -0.290. The summed E-state index contributed by atoms with van der Waals surface area (Å²) in [5.74, 6) is -0.108. The molecule has 116 valence electrons. The fraction of sp³-hybridized carbons (Fsp3) is 1.00. The Kier molecular flexibility index (Phi) is 3.19. The van der Waals surface area contributed by atoms with E-state index in [0.717, 1.165) is 6.54 Å². The number of β-amino-alcohol motifs (C(OH)–C–C–N with tert-alkyl or cyclic N) is 1. The van der Waals surface area contributed by atoms with E-state index in [9.17, 15) is 18.3 Å². The van der Waals surface area contributed by atoms with Gasteiger partial charge in [-0.3, -0.25) is 0 Å². The zero-order valence-electron chi connectivity index (χ0n) is 12.2. The lowest BCUT2D eigenvalue weighted by Gasteiger charge is -2.44. The average Bonchev–Trinajstić information content (AvgIpc) is 2.89. The van der Waals surface area contributed by atoms with Crippen molar-refractivity contribution in [3.63, 3.8) is 0 Å². The number of likely N-dealkylation sites (tertiary alicyclic amines) is 1. The third-order valence-electron chi connectivity index (χ3n) is 6.56. The maximum absolute atomic E-state index is 13.9. The molecular formula is C15H24F3NO. The molecule has 1 heterocycles. The Morgan fingerprint density at radius 1 is 1.25 bits per heavy atom. The number of fused-ring (bicyclic) bond motifs is 2. The van der Waals surface area contributed by atoms with Gasteiger partial charge < -0.3 is 10.0 Å². The Morgan fingerprint density at radius 3 is 2.45 bits per heavy atom. The van der Waals surface area contributed by atoms with E-state index in [1.165, 1.54) is 0 Å². The molecule has 3 rings (SSSR count). The van der Waals surface area contributed by atoms with Crippen molar-refractivity contribution in [2.24, 2.45) is 22.7 Å². The summed E-state index contributed by atoms with van der Waals surface area (Å²) in [7, 11) is 0. The highest BCUT2D eigenvalue weighted by Gasteiger charge is 2.74. The van der Waals surface area contributed by atoms with Gasteiger partial charge in [-0.1, -0.05) is 13.8 Å². The Balaban J connectivity index is 1.85. The van der Waals surface area contributed by atoms with E-state index in [0.29, 0.717) is 32.4 Å². The van der Waals surface area contributed by atoms with Crippen LogP contribution in [0.15, 0.2) is 0 Å². The van der Waals surface area contributed by atoms with Gasteiger partial charge in [0, 0.05) is 19.6 Å². The van der Waals surface area contributed by atoms with Gasteiger partial charge in [-0.25, -0.2) is 0 Å². The topological polar surface area (TPSA) is 23.5 Å². The van der Waals surface area contributed by atoms with Gasteiger partial charge in [0.25, 0.3) is 0 Å². The third-order valence-corrected chi connectivity index (χ3v) is 6.56. The predicted octanol–water partition coefficient (Wildman–Crippen LogP) is 3.06. The normalized spacial score (nSPS) is 44.4. The van der Waals surface area contributed by atoms with Crippen molar-refractivity contribution in [2.75, 3.05) is 19.6 Å². The van der Waals surface area contributed by atoms with Crippen LogP contribution in [0, 0.1) is 22.7 Å². The summed E-state index contributed by atoms with van der Waals surface area (Å²) in [6, 6.07) is 0. The zero-order chi connectivity index (χ0) is 14.8. The Labute approximate surface area is 118 Å². The van der Waals surface area contributed by atoms with E-state index in [1.807, 2.05) is 18.7 Å². The molecule has 1 saturated heterocycles. The maximum atomic E-state index is 13.9. The number of aliphatic hydroxyl groups excluding tert-OH is 1. The van der Waals surface area contributed by atoms with Gasteiger partial charge in [-0.2, -0.15) is 13.2 Å². The number of aliphatic hydroxyl groups is 1. The summed E-state index contributed by atoms with van der Waals surface area (Å²) in [6.45, 7) is 5.40. The molecule has 4 atom stereocenters. The fourth-order valence-electron chi connectivity index (χ4n) is 5.40. The molecule has 0 aromatic rings. The molecule has 2 bridgehead atoms. The lowest BCUT2D eigenvalue weighted by molar-refractivity contribution is -0.264. The van der Waals surface area contributed by atoms with Gasteiger partial charge >= 0.3 is 6.18 Å². The first-order chi connectivity index (χ1) is 9.18. The van der Waals surface area contributed by atoms with E-state index < -0.39 is 17.0 Å². The molecule has 3 fully saturated rings. The average molecular weight is 291 g/mol. The van der Waals surface area contributed by atoms with Crippen LogP contribution in [0.5, 0.6) is 0 Å². The van der Waals surface area contributed by atoms with Gasteiger partial charge in [0.2, 0.25) is 0 Å². The molecule has 0 aromatic carbocycles. The van der Waals surface area contributed by atoms with Gasteiger partial charge in [-0.05, 0) is 42.9 Å². The molecule has 1 N–H and O–H groups in total. The van der Waals surface area contributed by atoms with Crippen molar-refractivity contribution in [3.8, 4) is 0 Å². The third kappa shape index (κ3) is 1.78. The van der Waals surface area contributed by atoms with Crippen molar-refractivity contribution in [1.29, 1.82) is 0 Å². The molecule has 1 aliphatic heterocycles. The van der Waals surface area contributed by atoms with Crippen LogP contribution in [0.2, 0.25) is 0 Å². The summed E-state index contributed by atoms with van der Waals surface area (Å²) in [4.78, 5) is 2.03. The smallest absolute Gasteiger partial charge is 0.392 e. The van der Waals surface area contributed by atoms with Crippen molar-refractivity contribution in [1.82, 2.24) is 4.90 Å². The summed E-state index contributed by atoms with van der Waals surface area (Å²) >= 11 is 0. The minimum Gasteiger partial charge on any atom is -0.392 e. The molecule has 2 nitrogen and oxygen atoms in total. The molecule has 2 saturated carbocycles. The first kappa shape index (κ1) is 14.6. The molecular weight excluding hydrogens is 267 g/mol. The minimum absolute atomic E-state index is 0.196. The van der Waals surface area contributed by atoms with E-state index >= 15 is 0 Å². The second-order valence-corrected chi connectivity index (χ2v) is 7.56. The monoisotopic (exact) mass is 291 g/mol. The minimum atomic E-state index is -4.12. The van der Waals surface area contributed by atoms with Gasteiger partial charge in [-0.15, -0.1) is 0 Å². The van der Waals surface area contributed by atoms with Crippen molar-refractivity contribution in [3.05, 3.63) is 0 Å². The van der Waals surface area contributed by atoms with Crippen molar-refractivity contribution >= 4 is 0 Å². The van der Waals surface area contributed by atoms with Crippen LogP contribution in [0.25, 0.3) is 0 Å². The van der Waals surface area contributed by atoms with Gasteiger partial charge in [0.05, 0.1) is 11.5 Å². The predicted molar refractivity (Wildman–Crippen MR) is 70.2 cm³/mol. The van der Waals surface area contributed by atoms with Crippen LogP contribution < -0.4 is 0 Å². The standard InChI is InChI=1S/C15H24F3NO/c1-13(2)10-3-5-14(13,15(16,17)18)11(7-10)8-19-6-4-12(20)9-19/h10-12,20H,3-9H2,1-2H3/t10?,11?,12-,14?/m1/s1. The number of hydrogen-bond donors (Lipinski definition) is 1. The number of halogens is 3. The Bertz CT molecular complexity index is 395. The Morgan fingerprint density at radius 2 is 1.95 bits per heavy atom. The van der Waals surface area contributed by atoms with Crippen LogP contribution in [0.3, 0.4) is 0 Å². The van der Waals surface area contributed by atoms with Crippen LogP contribution in [-0.2, 0) is 0 Å². The molecule has 3 aliphatic rings. The fourth-order valence-corrected chi connectivity index (χ4v) is 5.40. The molecule has 0 aromatic heterocycles. The highest BCUT2D eigenvalue weighted by molar-refractivity contribution is 5.15. The summed E-state index contributed by atoms with van der Waals surface area (Å²) in [6.07, 6.45) is -2.09. The highest BCUT2D eigenvalue weighted by Crippen LogP contribution is 2.73. The SMILES string of the molecule is CC1(C)C2CCC1(C(F)(F)F)C(CN1CC[C@@H](O)C1)C2. The van der Waals surface area contributed by atoms with Gasteiger partial charge in [0.15, 0.2) is 0 Å². The second kappa shape index (κ2) is 4.35. The lowest BCUT2D eigenvalue weighted by Crippen LogP contribution is -2.51. The number of hydrogen-bond acceptors (Lipinski definition) is 2. The van der Waals surface area contributed by atoms with Crippen molar-refractivity contribution < 1.29 is 18.3 Å². The molecule has 20 heavy (non-hydrogen) atoms. The molecule has 5 heteroatoms. The van der Waals surface area contributed by atoms with Gasteiger partial charge in [0.1, 0.15) is 0 Å². The number of nitrogens with zero attached hydrogens (tertiary/aromatic N) is 1. The van der Waals surface area contributed by atoms with Crippen molar-refractivity contribution in [2.45, 2.75) is 51.8 Å². The summed E-state index contributed by atoms with van der Waals surface area (Å²) in [5.41, 5.74) is -2.16. The number of alkyl halides is 3. The zero-order valence-corrected chi connectivity index (χ0v) is 12.2. The van der Waals surface area contributed by atoms with Crippen LogP contribution in [-0.4, -0.2) is 41.9 Å². The first-order valence-corrected chi connectivity index (χ1v) is 7.65. The van der Waals surface area contributed by atoms with E-state index in [1.54, 1.807) is 0 Å². The number of rotatable bonds is 2. The highest BCUT2D eigenvalue weighted by atomic mass is 19.4. The van der Waals surface area contributed by atoms with E-state index in [-0.39, 0.29) is 24.4 Å². The van der Waals surface area contributed by atoms with E-state index in [4.69, 9.17) is 0 Å². The van der Waals surface area contributed by atoms with Crippen LogP contribution in [0.1, 0.15) is 39.5 Å². The maximum Gasteiger partial charge on any atom is 0.395 e. The molecule has 0 spiro atoms. The second-order valence-electron chi connectivity index (χ2n) is 7.56. The first-order valence-electron chi connectivity index (χ1n) is 7.65. The lowest BCUT2D eigenvalue weighted by atomic mass is 9.64. The largest absolute Gasteiger partial charge is 0.395 e.